The number of methoxy groups -OCH3 is 2. The van der Waals surface area contributed by atoms with Crippen LogP contribution in [0.3, 0.4) is 0 Å². The number of carbonyl (C=O) groups is 1. The molecule has 1 N–H and O–H groups in total. The van der Waals surface area contributed by atoms with E-state index in [0.717, 1.165) is 24.4 Å². The van der Waals surface area contributed by atoms with E-state index in [1.54, 1.807) is 19.2 Å². The van der Waals surface area contributed by atoms with Crippen LogP contribution in [0.15, 0.2) is 48.5 Å². The van der Waals surface area contributed by atoms with E-state index in [9.17, 15) is 4.79 Å². The highest BCUT2D eigenvalue weighted by Crippen LogP contribution is 2.12. The lowest BCUT2D eigenvalue weighted by atomic mass is 10.1. The first-order valence-corrected chi connectivity index (χ1v) is 6.74. The van der Waals surface area contributed by atoms with Crippen molar-refractivity contribution in [2.24, 2.45) is 0 Å². The monoisotopic (exact) mass is 285 g/mol. The van der Waals surface area contributed by atoms with Crippen LogP contribution in [0.25, 0.3) is 0 Å². The Labute approximate surface area is 124 Å². The zero-order valence-corrected chi connectivity index (χ0v) is 12.3. The molecule has 0 aromatic heterocycles. The summed E-state index contributed by atoms with van der Waals surface area (Å²) in [6.45, 7) is 1.49. The van der Waals surface area contributed by atoms with E-state index in [2.05, 4.69) is 16.1 Å². The maximum Gasteiger partial charge on any atom is 0.337 e. The molecule has 4 nitrogen and oxygen atoms in total. The molecule has 0 spiro atoms. The largest absolute Gasteiger partial charge is 0.497 e. The molecule has 4 heteroatoms. The maximum absolute atomic E-state index is 11.3. The van der Waals surface area contributed by atoms with E-state index in [1.807, 2.05) is 30.3 Å². The molecule has 0 atom stereocenters. The van der Waals surface area contributed by atoms with Gasteiger partial charge in [0.25, 0.3) is 0 Å². The summed E-state index contributed by atoms with van der Waals surface area (Å²) < 4.78 is 9.86. The van der Waals surface area contributed by atoms with Crippen LogP contribution in [0.5, 0.6) is 5.75 Å². The molecule has 2 rings (SSSR count). The molecular formula is C17H19NO3. The highest BCUT2D eigenvalue weighted by Gasteiger charge is 2.04. The molecule has 0 aliphatic heterocycles. The van der Waals surface area contributed by atoms with Crippen LogP contribution in [-0.2, 0) is 17.8 Å². The Balaban J connectivity index is 1.87. The second kappa shape index (κ2) is 7.45. The molecule has 0 bridgehead atoms. The van der Waals surface area contributed by atoms with Gasteiger partial charge in [0, 0.05) is 13.1 Å². The van der Waals surface area contributed by atoms with Gasteiger partial charge in [0.2, 0.25) is 0 Å². The molecule has 0 aliphatic rings. The predicted molar refractivity (Wildman–Crippen MR) is 81.3 cm³/mol. The fraction of sp³-hybridized carbons (Fsp3) is 0.235. The van der Waals surface area contributed by atoms with E-state index in [-0.39, 0.29) is 5.97 Å². The SMILES string of the molecule is COC(=O)c1ccc(CNCc2cccc(OC)c2)cc1. The van der Waals surface area contributed by atoms with Crippen LogP contribution in [0.2, 0.25) is 0 Å². The molecule has 0 saturated heterocycles. The first-order chi connectivity index (χ1) is 10.2. The predicted octanol–water partition coefficient (Wildman–Crippen LogP) is 2.77. The molecule has 0 unspecified atom stereocenters. The van der Waals surface area contributed by atoms with Gasteiger partial charge in [0.1, 0.15) is 5.75 Å². The van der Waals surface area contributed by atoms with E-state index >= 15 is 0 Å². The van der Waals surface area contributed by atoms with Crippen molar-refractivity contribution in [3.63, 3.8) is 0 Å². The zero-order valence-electron chi connectivity index (χ0n) is 12.3. The summed E-state index contributed by atoms with van der Waals surface area (Å²) in [6.07, 6.45) is 0. The molecule has 21 heavy (non-hydrogen) atoms. The number of hydrogen-bond donors (Lipinski definition) is 1. The highest BCUT2D eigenvalue weighted by molar-refractivity contribution is 5.89. The van der Waals surface area contributed by atoms with Crippen LogP contribution in [0.4, 0.5) is 0 Å². The molecule has 0 fully saturated rings. The Morgan fingerprint density at radius 1 is 1.00 bits per heavy atom. The smallest absolute Gasteiger partial charge is 0.337 e. The first-order valence-electron chi connectivity index (χ1n) is 6.74. The van der Waals surface area contributed by atoms with Crippen LogP contribution >= 0.6 is 0 Å². The summed E-state index contributed by atoms with van der Waals surface area (Å²) in [5, 5.41) is 3.36. The van der Waals surface area contributed by atoms with E-state index in [4.69, 9.17) is 4.74 Å². The lowest BCUT2D eigenvalue weighted by Crippen LogP contribution is -2.12. The van der Waals surface area contributed by atoms with Crippen LogP contribution in [0.1, 0.15) is 21.5 Å². The van der Waals surface area contributed by atoms with Gasteiger partial charge in [-0.15, -0.1) is 0 Å². The number of nitrogens with one attached hydrogen (secondary N) is 1. The molecule has 2 aromatic rings. The summed E-state index contributed by atoms with van der Waals surface area (Å²) >= 11 is 0. The van der Waals surface area contributed by atoms with E-state index < -0.39 is 0 Å². The van der Waals surface area contributed by atoms with E-state index in [1.165, 1.54) is 12.7 Å². The van der Waals surface area contributed by atoms with Gasteiger partial charge < -0.3 is 14.8 Å². The third-order valence-corrected chi connectivity index (χ3v) is 3.17. The number of hydrogen-bond acceptors (Lipinski definition) is 4. The van der Waals surface area contributed by atoms with Gasteiger partial charge in [0.05, 0.1) is 19.8 Å². The Bertz CT molecular complexity index is 593. The second-order valence-electron chi connectivity index (χ2n) is 4.64. The molecule has 0 radical (unpaired) electrons. The average molecular weight is 285 g/mol. The average Bonchev–Trinajstić information content (AvgIpc) is 2.55. The molecule has 0 saturated carbocycles. The standard InChI is InChI=1S/C17H19NO3/c1-20-16-5-3-4-14(10-16)12-18-11-13-6-8-15(9-7-13)17(19)21-2/h3-10,18H,11-12H2,1-2H3. The molecule has 0 amide bonds. The summed E-state index contributed by atoms with van der Waals surface area (Å²) in [7, 11) is 3.04. The van der Waals surface area contributed by atoms with Crippen molar-refractivity contribution < 1.29 is 14.3 Å². The van der Waals surface area contributed by atoms with Gasteiger partial charge in [-0.25, -0.2) is 4.79 Å². The topological polar surface area (TPSA) is 47.6 Å². The number of carbonyl (C=O) groups excluding carboxylic acids is 1. The minimum absolute atomic E-state index is 0.314. The molecule has 0 heterocycles. The summed E-state index contributed by atoms with van der Waals surface area (Å²) in [4.78, 5) is 11.3. The minimum Gasteiger partial charge on any atom is -0.497 e. The van der Waals surface area contributed by atoms with Crippen molar-refractivity contribution in [1.29, 1.82) is 0 Å². The Morgan fingerprint density at radius 3 is 2.38 bits per heavy atom. The molecule has 0 aliphatic carbocycles. The van der Waals surface area contributed by atoms with Crippen molar-refractivity contribution in [3.8, 4) is 5.75 Å². The van der Waals surface area contributed by atoms with E-state index in [0.29, 0.717) is 5.56 Å². The van der Waals surface area contributed by atoms with Crippen molar-refractivity contribution >= 4 is 5.97 Å². The number of esters is 1. The summed E-state index contributed by atoms with van der Waals surface area (Å²) in [5.41, 5.74) is 2.85. The zero-order chi connectivity index (χ0) is 15.1. The van der Waals surface area contributed by atoms with Crippen molar-refractivity contribution in [1.82, 2.24) is 5.32 Å². The van der Waals surface area contributed by atoms with Crippen LogP contribution in [-0.4, -0.2) is 20.2 Å². The van der Waals surface area contributed by atoms with Gasteiger partial charge in [-0.1, -0.05) is 24.3 Å². The first kappa shape index (κ1) is 15.1. The van der Waals surface area contributed by atoms with Crippen LogP contribution in [0, 0.1) is 0 Å². The number of ether oxygens (including phenoxy) is 2. The normalized spacial score (nSPS) is 10.2. The molecule has 2 aromatic carbocycles. The third-order valence-electron chi connectivity index (χ3n) is 3.17. The number of benzene rings is 2. The fourth-order valence-corrected chi connectivity index (χ4v) is 2.01. The summed E-state index contributed by atoms with van der Waals surface area (Å²) in [6, 6.07) is 15.3. The Hall–Kier alpha value is -2.33. The summed E-state index contributed by atoms with van der Waals surface area (Å²) in [5.74, 6) is 0.544. The second-order valence-corrected chi connectivity index (χ2v) is 4.64. The lowest BCUT2D eigenvalue weighted by Gasteiger charge is -2.07. The third kappa shape index (κ3) is 4.33. The van der Waals surface area contributed by atoms with Gasteiger partial charge in [0.15, 0.2) is 0 Å². The Kier molecular flexibility index (Phi) is 5.35. The van der Waals surface area contributed by atoms with Crippen molar-refractivity contribution in [2.75, 3.05) is 14.2 Å². The molecule has 110 valence electrons. The fourth-order valence-electron chi connectivity index (χ4n) is 2.01. The minimum atomic E-state index is -0.314. The van der Waals surface area contributed by atoms with Gasteiger partial charge >= 0.3 is 5.97 Å². The van der Waals surface area contributed by atoms with Crippen LogP contribution < -0.4 is 10.1 Å². The van der Waals surface area contributed by atoms with Gasteiger partial charge in [-0.2, -0.15) is 0 Å². The maximum atomic E-state index is 11.3. The molecular weight excluding hydrogens is 266 g/mol. The highest BCUT2D eigenvalue weighted by atomic mass is 16.5. The number of rotatable bonds is 6. The van der Waals surface area contributed by atoms with Gasteiger partial charge in [-0.05, 0) is 35.4 Å². The van der Waals surface area contributed by atoms with Gasteiger partial charge in [-0.3, -0.25) is 0 Å². The van der Waals surface area contributed by atoms with Crippen molar-refractivity contribution in [2.45, 2.75) is 13.1 Å². The quantitative estimate of drug-likeness (QED) is 0.829. The lowest BCUT2D eigenvalue weighted by molar-refractivity contribution is 0.0600. The Morgan fingerprint density at radius 2 is 1.71 bits per heavy atom. The van der Waals surface area contributed by atoms with Crippen molar-refractivity contribution in [3.05, 3.63) is 65.2 Å².